The first kappa shape index (κ1) is 22.6. The quantitative estimate of drug-likeness (QED) is 0.304. The van der Waals surface area contributed by atoms with E-state index in [0.29, 0.717) is 19.0 Å². The molecule has 0 fully saturated rings. The van der Waals surface area contributed by atoms with Crippen LogP contribution < -0.4 is 16.0 Å². The smallest absolute Gasteiger partial charge is 0.239 e. The molecule has 0 unspecified atom stereocenters. The highest BCUT2D eigenvalue weighted by Crippen LogP contribution is 2.09. The number of rotatable bonds is 6. The Labute approximate surface area is 161 Å². The van der Waals surface area contributed by atoms with Crippen LogP contribution in [-0.2, 0) is 17.9 Å². The van der Waals surface area contributed by atoms with Crippen LogP contribution in [0.25, 0.3) is 0 Å². The third-order valence-electron chi connectivity index (χ3n) is 2.97. The van der Waals surface area contributed by atoms with E-state index >= 15 is 0 Å². The Morgan fingerprint density at radius 2 is 1.79 bits per heavy atom. The van der Waals surface area contributed by atoms with Crippen LogP contribution in [0.4, 0.5) is 0 Å². The zero-order valence-electron chi connectivity index (χ0n) is 14.8. The van der Waals surface area contributed by atoms with E-state index in [0.717, 1.165) is 11.1 Å². The molecule has 0 spiro atoms. The first-order valence-electron chi connectivity index (χ1n) is 7.86. The Balaban J connectivity index is 0.00000529. The van der Waals surface area contributed by atoms with Gasteiger partial charge in [-0.25, -0.2) is 4.99 Å². The lowest BCUT2D eigenvalue weighted by atomic mass is 10.1. The largest absolute Gasteiger partial charge is 0.392 e. The molecular formula is C17H29IN4O2. The minimum atomic E-state index is -0.256. The van der Waals surface area contributed by atoms with E-state index in [9.17, 15) is 9.90 Å². The Hall–Kier alpha value is -1.35. The molecular weight excluding hydrogens is 419 g/mol. The van der Waals surface area contributed by atoms with Gasteiger partial charge < -0.3 is 21.1 Å². The van der Waals surface area contributed by atoms with Crippen LogP contribution in [0.3, 0.4) is 0 Å². The molecule has 6 nitrogen and oxygen atoms in total. The summed E-state index contributed by atoms with van der Waals surface area (Å²) in [6, 6.07) is 7.62. The zero-order valence-corrected chi connectivity index (χ0v) is 17.2. The summed E-state index contributed by atoms with van der Waals surface area (Å²) in [6.45, 7) is 9.08. The highest BCUT2D eigenvalue weighted by molar-refractivity contribution is 14.0. The van der Waals surface area contributed by atoms with Crippen molar-refractivity contribution in [1.82, 2.24) is 16.0 Å². The molecule has 0 atom stereocenters. The molecule has 136 valence electrons. The molecule has 0 aliphatic carbocycles. The number of nitrogens with zero attached hydrogens (tertiary/aromatic N) is 1. The summed E-state index contributed by atoms with van der Waals surface area (Å²) >= 11 is 0. The van der Waals surface area contributed by atoms with E-state index in [4.69, 9.17) is 0 Å². The number of nitrogens with one attached hydrogen (secondary N) is 3. The molecule has 0 aliphatic heterocycles. The second-order valence-electron chi connectivity index (χ2n) is 6.27. The monoisotopic (exact) mass is 448 g/mol. The molecule has 0 aromatic heterocycles. The SMILES string of the molecule is CCNC(=NCc1ccccc1CO)NCC(=O)NC(C)(C)C.I. The summed E-state index contributed by atoms with van der Waals surface area (Å²) in [5.41, 5.74) is 1.57. The van der Waals surface area contributed by atoms with Gasteiger partial charge in [0, 0.05) is 12.1 Å². The summed E-state index contributed by atoms with van der Waals surface area (Å²) in [5, 5.41) is 18.4. The summed E-state index contributed by atoms with van der Waals surface area (Å²) in [5.74, 6) is 0.489. The lowest BCUT2D eigenvalue weighted by Crippen LogP contribution is -2.48. The topological polar surface area (TPSA) is 85.8 Å². The van der Waals surface area contributed by atoms with Gasteiger partial charge in [-0.15, -0.1) is 24.0 Å². The molecule has 0 bridgehead atoms. The summed E-state index contributed by atoms with van der Waals surface area (Å²) in [6.07, 6.45) is 0. The molecule has 0 saturated heterocycles. The number of carbonyl (C=O) groups excluding carboxylic acids is 1. The van der Waals surface area contributed by atoms with Crippen LogP contribution in [-0.4, -0.2) is 35.6 Å². The van der Waals surface area contributed by atoms with Crippen LogP contribution in [0.1, 0.15) is 38.8 Å². The van der Waals surface area contributed by atoms with Crippen molar-refractivity contribution < 1.29 is 9.90 Å². The number of carbonyl (C=O) groups is 1. The average Bonchev–Trinajstić information content (AvgIpc) is 2.48. The summed E-state index contributed by atoms with van der Waals surface area (Å²) in [4.78, 5) is 16.3. The first-order valence-corrected chi connectivity index (χ1v) is 7.86. The third-order valence-corrected chi connectivity index (χ3v) is 2.97. The zero-order chi connectivity index (χ0) is 17.3. The van der Waals surface area contributed by atoms with Crippen molar-refractivity contribution in [3.63, 3.8) is 0 Å². The third kappa shape index (κ3) is 9.07. The molecule has 1 amide bonds. The number of hydrogen-bond donors (Lipinski definition) is 4. The molecule has 0 aliphatic rings. The Bertz CT molecular complexity index is 542. The predicted octanol–water partition coefficient (Wildman–Crippen LogP) is 1.77. The molecule has 1 aromatic rings. The van der Waals surface area contributed by atoms with Gasteiger partial charge in [0.25, 0.3) is 0 Å². The Morgan fingerprint density at radius 3 is 2.33 bits per heavy atom. The fraction of sp³-hybridized carbons (Fsp3) is 0.529. The van der Waals surface area contributed by atoms with Crippen molar-refractivity contribution in [2.75, 3.05) is 13.1 Å². The van der Waals surface area contributed by atoms with Gasteiger partial charge in [0.2, 0.25) is 5.91 Å². The van der Waals surface area contributed by atoms with E-state index in [1.165, 1.54) is 0 Å². The molecule has 1 rings (SSSR count). The van der Waals surface area contributed by atoms with Crippen LogP contribution in [0.15, 0.2) is 29.3 Å². The second kappa shape index (κ2) is 11.2. The molecule has 0 saturated carbocycles. The summed E-state index contributed by atoms with van der Waals surface area (Å²) < 4.78 is 0. The Kier molecular flexibility index (Phi) is 10.6. The standard InChI is InChI=1S/C17H28N4O2.HI/c1-5-18-16(20-11-15(23)21-17(2,3)4)19-10-13-8-6-7-9-14(13)12-22;/h6-9,22H,5,10-12H2,1-4H3,(H,21,23)(H2,18,19,20);1H. The van der Waals surface area contributed by atoms with Gasteiger partial charge in [-0.05, 0) is 38.8 Å². The maximum atomic E-state index is 11.9. The van der Waals surface area contributed by atoms with E-state index in [1.807, 2.05) is 52.0 Å². The van der Waals surface area contributed by atoms with Crippen LogP contribution in [0.5, 0.6) is 0 Å². The maximum absolute atomic E-state index is 11.9. The maximum Gasteiger partial charge on any atom is 0.239 e. The molecule has 1 aromatic carbocycles. The highest BCUT2D eigenvalue weighted by atomic mass is 127. The number of amides is 1. The van der Waals surface area contributed by atoms with E-state index < -0.39 is 0 Å². The minimum absolute atomic E-state index is 0. The van der Waals surface area contributed by atoms with Gasteiger partial charge in [0.15, 0.2) is 5.96 Å². The van der Waals surface area contributed by atoms with Crippen molar-refractivity contribution in [1.29, 1.82) is 0 Å². The number of aliphatic hydroxyl groups excluding tert-OH is 1. The van der Waals surface area contributed by atoms with E-state index in [1.54, 1.807) is 0 Å². The van der Waals surface area contributed by atoms with Crippen LogP contribution in [0.2, 0.25) is 0 Å². The normalized spacial score (nSPS) is 11.5. The van der Waals surface area contributed by atoms with Gasteiger partial charge in [-0.3, -0.25) is 4.79 Å². The molecule has 0 heterocycles. The van der Waals surface area contributed by atoms with Crippen molar-refractivity contribution >= 4 is 35.8 Å². The van der Waals surface area contributed by atoms with Crippen molar-refractivity contribution in [2.45, 2.75) is 46.4 Å². The van der Waals surface area contributed by atoms with E-state index in [-0.39, 0.29) is 48.6 Å². The van der Waals surface area contributed by atoms with Gasteiger partial charge in [-0.1, -0.05) is 24.3 Å². The fourth-order valence-electron chi connectivity index (χ4n) is 2.00. The average molecular weight is 448 g/mol. The van der Waals surface area contributed by atoms with Crippen LogP contribution in [0, 0.1) is 0 Å². The number of guanidine groups is 1. The first-order chi connectivity index (χ1) is 10.9. The van der Waals surface area contributed by atoms with Crippen molar-refractivity contribution in [2.24, 2.45) is 4.99 Å². The predicted molar refractivity (Wildman–Crippen MR) is 108 cm³/mol. The van der Waals surface area contributed by atoms with Gasteiger partial charge in [0.05, 0.1) is 19.7 Å². The number of halogens is 1. The number of benzene rings is 1. The molecule has 4 N–H and O–H groups in total. The molecule has 7 heteroatoms. The fourth-order valence-corrected chi connectivity index (χ4v) is 2.00. The summed E-state index contributed by atoms with van der Waals surface area (Å²) in [7, 11) is 0. The van der Waals surface area contributed by atoms with Crippen molar-refractivity contribution in [3.05, 3.63) is 35.4 Å². The van der Waals surface area contributed by atoms with Gasteiger partial charge in [-0.2, -0.15) is 0 Å². The second-order valence-corrected chi connectivity index (χ2v) is 6.27. The lowest BCUT2D eigenvalue weighted by molar-refractivity contribution is -0.121. The highest BCUT2D eigenvalue weighted by Gasteiger charge is 2.13. The van der Waals surface area contributed by atoms with E-state index in [2.05, 4.69) is 20.9 Å². The van der Waals surface area contributed by atoms with Crippen LogP contribution >= 0.6 is 24.0 Å². The number of aliphatic hydroxyl groups is 1. The minimum Gasteiger partial charge on any atom is -0.392 e. The molecule has 0 radical (unpaired) electrons. The number of aliphatic imine (C=N–C) groups is 1. The molecule has 24 heavy (non-hydrogen) atoms. The lowest BCUT2D eigenvalue weighted by Gasteiger charge is -2.21. The van der Waals surface area contributed by atoms with Gasteiger partial charge >= 0.3 is 0 Å². The number of hydrogen-bond acceptors (Lipinski definition) is 3. The Morgan fingerprint density at radius 1 is 1.17 bits per heavy atom. The van der Waals surface area contributed by atoms with Gasteiger partial charge in [0.1, 0.15) is 0 Å². The van der Waals surface area contributed by atoms with Crippen molar-refractivity contribution in [3.8, 4) is 0 Å².